The quantitative estimate of drug-likeness (QED) is 0.716. The summed E-state index contributed by atoms with van der Waals surface area (Å²) < 4.78 is 23.7. The summed E-state index contributed by atoms with van der Waals surface area (Å²) in [5.74, 6) is 0.124. The van der Waals surface area contributed by atoms with Crippen molar-refractivity contribution in [2.24, 2.45) is 5.92 Å². The largest absolute Gasteiger partial charge is 0.376 e. The molecule has 1 saturated carbocycles. The normalized spacial score (nSPS) is 42.0. The van der Waals surface area contributed by atoms with Gasteiger partial charge in [-0.3, -0.25) is 0 Å². The third kappa shape index (κ3) is 2.93. The van der Waals surface area contributed by atoms with E-state index in [0.29, 0.717) is 11.9 Å². The zero-order chi connectivity index (χ0) is 14.0. The van der Waals surface area contributed by atoms with E-state index in [0.717, 1.165) is 18.9 Å². The lowest BCUT2D eigenvalue weighted by molar-refractivity contribution is -0.260. The van der Waals surface area contributed by atoms with Crippen molar-refractivity contribution < 1.29 is 18.9 Å². The lowest BCUT2D eigenvalue weighted by Crippen LogP contribution is -2.54. The number of rotatable bonds is 5. The molecule has 1 aliphatic carbocycles. The average molecular weight is 349 g/mol. The molecule has 2 heterocycles. The highest BCUT2D eigenvalue weighted by atomic mass is 79.9. The zero-order valence-corrected chi connectivity index (χ0v) is 13.8. The van der Waals surface area contributed by atoms with Gasteiger partial charge in [0.2, 0.25) is 5.79 Å². The van der Waals surface area contributed by atoms with Gasteiger partial charge in [0.1, 0.15) is 12.2 Å². The van der Waals surface area contributed by atoms with Crippen LogP contribution in [0, 0.1) is 5.92 Å². The van der Waals surface area contributed by atoms with E-state index in [-0.39, 0.29) is 18.3 Å². The molecule has 2 saturated heterocycles. The molecule has 3 fully saturated rings. The Balaban J connectivity index is 1.55. The van der Waals surface area contributed by atoms with Gasteiger partial charge in [0.05, 0.1) is 18.0 Å². The molecule has 0 aromatic heterocycles. The minimum atomic E-state index is -0.607. The average Bonchev–Trinajstić information content (AvgIpc) is 2.89. The molecule has 3 rings (SSSR count). The molecule has 0 spiro atoms. The van der Waals surface area contributed by atoms with Gasteiger partial charge in [-0.2, -0.15) is 0 Å². The summed E-state index contributed by atoms with van der Waals surface area (Å²) in [5, 5.41) is 0.643. The van der Waals surface area contributed by atoms with E-state index in [1.165, 1.54) is 32.1 Å². The molecule has 0 N–H and O–H groups in total. The van der Waals surface area contributed by atoms with Crippen LogP contribution in [0.5, 0.6) is 0 Å². The summed E-state index contributed by atoms with van der Waals surface area (Å²) in [6, 6.07) is 0. The van der Waals surface area contributed by atoms with Crippen LogP contribution in [0.1, 0.15) is 38.5 Å². The van der Waals surface area contributed by atoms with Crippen molar-refractivity contribution in [2.45, 2.75) is 62.6 Å². The maximum absolute atomic E-state index is 6.17. The van der Waals surface area contributed by atoms with Crippen molar-refractivity contribution in [1.29, 1.82) is 0 Å². The summed E-state index contributed by atoms with van der Waals surface area (Å²) in [5.41, 5.74) is 0. The molecule has 0 radical (unpaired) electrons. The Morgan fingerprint density at radius 2 is 2.05 bits per heavy atom. The molecule has 116 valence electrons. The van der Waals surface area contributed by atoms with Crippen molar-refractivity contribution >= 4 is 15.9 Å². The highest BCUT2D eigenvalue weighted by molar-refractivity contribution is 9.09. The fraction of sp³-hybridized carbons (Fsp3) is 1.00. The van der Waals surface area contributed by atoms with Gasteiger partial charge in [0.25, 0.3) is 0 Å². The number of hydrogen-bond donors (Lipinski definition) is 0. The van der Waals surface area contributed by atoms with E-state index in [1.54, 1.807) is 7.11 Å². The highest BCUT2D eigenvalue weighted by Crippen LogP contribution is 2.40. The SMILES string of the molecule is CO[C@@H]1C[C@H](OCC2CCCCC2)[C@H]2CO[C@]1(CBr)O2. The maximum Gasteiger partial charge on any atom is 0.205 e. The molecule has 0 aromatic rings. The Morgan fingerprint density at radius 3 is 2.75 bits per heavy atom. The van der Waals surface area contributed by atoms with Crippen LogP contribution in [-0.2, 0) is 18.9 Å². The molecule has 0 unspecified atom stereocenters. The Kier molecular flexibility index (Phi) is 5.03. The molecule has 0 amide bonds. The molecule has 20 heavy (non-hydrogen) atoms. The Hall–Kier alpha value is 0.320. The zero-order valence-electron chi connectivity index (χ0n) is 12.2. The van der Waals surface area contributed by atoms with Gasteiger partial charge in [-0.25, -0.2) is 0 Å². The Morgan fingerprint density at radius 1 is 1.25 bits per heavy atom. The number of alkyl halides is 1. The monoisotopic (exact) mass is 348 g/mol. The smallest absolute Gasteiger partial charge is 0.205 e. The lowest BCUT2D eigenvalue weighted by Gasteiger charge is -2.40. The van der Waals surface area contributed by atoms with Crippen molar-refractivity contribution in [3.8, 4) is 0 Å². The first-order chi connectivity index (χ1) is 9.77. The Bertz CT molecular complexity index is 321. The van der Waals surface area contributed by atoms with Crippen LogP contribution in [0.2, 0.25) is 0 Å². The fourth-order valence-electron chi connectivity index (χ4n) is 3.66. The van der Waals surface area contributed by atoms with E-state index in [1.807, 2.05) is 0 Å². The van der Waals surface area contributed by atoms with Crippen LogP contribution in [0.15, 0.2) is 0 Å². The first kappa shape index (κ1) is 15.2. The van der Waals surface area contributed by atoms with Crippen LogP contribution in [-0.4, -0.2) is 49.8 Å². The topological polar surface area (TPSA) is 36.9 Å². The van der Waals surface area contributed by atoms with E-state index >= 15 is 0 Å². The first-order valence-electron chi connectivity index (χ1n) is 7.79. The van der Waals surface area contributed by atoms with E-state index < -0.39 is 5.79 Å². The third-order valence-electron chi connectivity index (χ3n) is 4.94. The van der Waals surface area contributed by atoms with Crippen LogP contribution in [0.4, 0.5) is 0 Å². The van der Waals surface area contributed by atoms with Crippen molar-refractivity contribution in [3.63, 3.8) is 0 Å². The molecular formula is C15H25BrO4. The number of hydrogen-bond acceptors (Lipinski definition) is 4. The van der Waals surface area contributed by atoms with Gasteiger partial charge in [0, 0.05) is 20.1 Å². The van der Waals surface area contributed by atoms with Gasteiger partial charge in [-0.05, 0) is 18.8 Å². The maximum atomic E-state index is 6.17. The van der Waals surface area contributed by atoms with Gasteiger partial charge in [-0.1, -0.05) is 35.2 Å². The van der Waals surface area contributed by atoms with Crippen LogP contribution < -0.4 is 0 Å². The lowest BCUT2D eigenvalue weighted by atomic mass is 9.90. The van der Waals surface area contributed by atoms with Crippen LogP contribution >= 0.6 is 15.9 Å². The molecule has 5 heteroatoms. The van der Waals surface area contributed by atoms with Gasteiger partial charge < -0.3 is 18.9 Å². The second-order valence-corrected chi connectivity index (χ2v) is 6.81. The number of methoxy groups -OCH3 is 1. The van der Waals surface area contributed by atoms with E-state index in [2.05, 4.69) is 15.9 Å². The standard InChI is InChI=1S/C15H25BrO4/c1-17-14-7-12(13-9-19-15(14,10-16)20-13)18-8-11-5-3-2-4-6-11/h11-14H,2-10H2,1H3/t12-,13+,14+,15+/m0/s1. The molecule has 0 aromatic carbocycles. The molecule has 2 bridgehead atoms. The van der Waals surface area contributed by atoms with Gasteiger partial charge in [0.15, 0.2) is 0 Å². The van der Waals surface area contributed by atoms with Gasteiger partial charge >= 0.3 is 0 Å². The molecule has 4 atom stereocenters. The van der Waals surface area contributed by atoms with Crippen molar-refractivity contribution in [1.82, 2.24) is 0 Å². The van der Waals surface area contributed by atoms with E-state index in [9.17, 15) is 0 Å². The minimum Gasteiger partial charge on any atom is -0.376 e. The second kappa shape index (κ2) is 6.61. The van der Waals surface area contributed by atoms with Crippen molar-refractivity contribution in [3.05, 3.63) is 0 Å². The second-order valence-electron chi connectivity index (χ2n) is 6.25. The summed E-state index contributed by atoms with van der Waals surface area (Å²) >= 11 is 3.49. The number of fused-ring (bicyclic) bond motifs is 2. The minimum absolute atomic E-state index is 0.0579. The van der Waals surface area contributed by atoms with Crippen LogP contribution in [0.3, 0.4) is 0 Å². The highest BCUT2D eigenvalue weighted by Gasteiger charge is 2.55. The molecule has 4 nitrogen and oxygen atoms in total. The third-order valence-corrected chi connectivity index (χ3v) is 5.72. The van der Waals surface area contributed by atoms with Crippen molar-refractivity contribution in [2.75, 3.05) is 25.7 Å². The Labute approximate surface area is 129 Å². The molecule has 3 aliphatic rings. The van der Waals surface area contributed by atoms with Gasteiger partial charge in [-0.15, -0.1) is 0 Å². The number of ether oxygens (including phenoxy) is 4. The molecule has 2 aliphatic heterocycles. The predicted molar refractivity (Wildman–Crippen MR) is 79.1 cm³/mol. The number of halogens is 1. The van der Waals surface area contributed by atoms with Crippen LogP contribution in [0.25, 0.3) is 0 Å². The summed E-state index contributed by atoms with van der Waals surface area (Å²) in [6.45, 7) is 1.48. The predicted octanol–water partition coefficient (Wildman–Crippen LogP) is 2.88. The summed E-state index contributed by atoms with van der Waals surface area (Å²) in [7, 11) is 1.72. The summed E-state index contributed by atoms with van der Waals surface area (Å²) in [4.78, 5) is 0. The molecular weight excluding hydrogens is 324 g/mol. The first-order valence-corrected chi connectivity index (χ1v) is 8.91. The summed E-state index contributed by atoms with van der Waals surface area (Å²) in [6.07, 6.45) is 7.70. The van der Waals surface area contributed by atoms with E-state index in [4.69, 9.17) is 18.9 Å². The fourth-order valence-corrected chi connectivity index (χ4v) is 4.32.